The Morgan fingerprint density at radius 2 is 1.95 bits per heavy atom. The summed E-state index contributed by atoms with van der Waals surface area (Å²) in [5, 5.41) is 2.49. The molecule has 0 bridgehead atoms. The van der Waals surface area contributed by atoms with E-state index in [0.29, 0.717) is 12.1 Å². The molecule has 0 radical (unpaired) electrons. The van der Waals surface area contributed by atoms with Gasteiger partial charge in [-0.25, -0.2) is 17.2 Å². The number of halogens is 2. The molecule has 0 heterocycles. The van der Waals surface area contributed by atoms with Gasteiger partial charge in [-0.1, -0.05) is 13.0 Å². The SMILES string of the molecule is CCCNC(Cc1ccc(F)cc1F)C(C)S(C)(=O)=O. The largest absolute Gasteiger partial charge is 0.312 e. The average Bonchev–Trinajstić information content (AvgIpc) is 2.35. The third kappa shape index (κ3) is 4.83. The molecule has 1 rings (SSSR count). The molecule has 0 saturated heterocycles. The minimum Gasteiger partial charge on any atom is -0.312 e. The van der Waals surface area contributed by atoms with Crippen molar-refractivity contribution < 1.29 is 17.2 Å². The van der Waals surface area contributed by atoms with Crippen molar-refractivity contribution in [3.8, 4) is 0 Å². The lowest BCUT2D eigenvalue weighted by Gasteiger charge is -2.24. The van der Waals surface area contributed by atoms with Gasteiger partial charge >= 0.3 is 0 Å². The standard InChI is InChI=1S/C14H21F2NO2S/c1-4-7-17-14(10(2)20(3,18)19)8-11-5-6-12(15)9-13(11)16/h5-6,9-10,14,17H,4,7-8H2,1-3H3. The molecule has 0 fully saturated rings. The lowest BCUT2D eigenvalue weighted by atomic mass is 10.0. The maximum Gasteiger partial charge on any atom is 0.151 e. The Morgan fingerprint density at radius 3 is 2.45 bits per heavy atom. The molecule has 114 valence electrons. The number of nitrogens with one attached hydrogen (secondary N) is 1. The first-order valence-corrected chi connectivity index (χ1v) is 8.57. The topological polar surface area (TPSA) is 46.2 Å². The summed E-state index contributed by atoms with van der Waals surface area (Å²) in [5.74, 6) is -1.28. The Morgan fingerprint density at radius 1 is 1.30 bits per heavy atom. The second-order valence-electron chi connectivity index (χ2n) is 5.04. The molecule has 6 heteroatoms. The maximum atomic E-state index is 13.7. The van der Waals surface area contributed by atoms with Gasteiger partial charge in [0.1, 0.15) is 11.6 Å². The van der Waals surface area contributed by atoms with Crippen LogP contribution in [0.2, 0.25) is 0 Å². The van der Waals surface area contributed by atoms with E-state index in [1.54, 1.807) is 6.92 Å². The van der Waals surface area contributed by atoms with Crippen LogP contribution < -0.4 is 5.32 Å². The van der Waals surface area contributed by atoms with Crippen LogP contribution in [0.25, 0.3) is 0 Å². The first-order chi connectivity index (χ1) is 9.25. The normalized spacial score (nSPS) is 15.1. The molecule has 0 aliphatic rings. The Balaban J connectivity index is 2.94. The molecule has 0 amide bonds. The van der Waals surface area contributed by atoms with E-state index in [-0.39, 0.29) is 6.42 Å². The van der Waals surface area contributed by atoms with Gasteiger partial charge in [0.25, 0.3) is 0 Å². The molecule has 0 spiro atoms. The highest BCUT2D eigenvalue weighted by Crippen LogP contribution is 2.15. The average molecular weight is 305 g/mol. The van der Waals surface area contributed by atoms with Crippen molar-refractivity contribution in [1.82, 2.24) is 5.32 Å². The zero-order valence-corrected chi connectivity index (χ0v) is 12.8. The summed E-state index contributed by atoms with van der Waals surface area (Å²) in [6, 6.07) is 2.96. The van der Waals surface area contributed by atoms with Crippen LogP contribution in [0.3, 0.4) is 0 Å². The maximum absolute atomic E-state index is 13.7. The summed E-state index contributed by atoms with van der Waals surface area (Å²) in [6.45, 7) is 4.21. The van der Waals surface area contributed by atoms with E-state index < -0.39 is 32.8 Å². The molecule has 2 atom stereocenters. The fraction of sp³-hybridized carbons (Fsp3) is 0.571. The van der Waals surface area contributed by atoms with Gasteiger partial charge in [0.15, 0.2) is 9.84 Å². The molecule has 3 nitrogen and oxygen atoms in total. The molecule has 1 aromatic carbocycles. The van der Waals surface area contributed by atoms with Crippen LogP contribution in [0, 0.1) is 11.6 Å². The van der Waals surface area contributed by atoms with E-state index in [9.17, 15) is 17.2 Å². The van der Waals surface area contributed by atoms with Gasteiger partial charge in [0, 0.05) is 18.4 Å². The third-order valence-electron chi connectivity index (χ3n) is 3.35. The molecular formula is C14H21F2NO2S. The number of benzene rings is 1. The Labute approximate surface area is 119 Å². The first-order valence-electron chi connectivity index (χ1n) is 6.62. The highest BCUT2D eigenvalue weighted by molar-refractivity contribution is 7.91. The van der Waals surface area contributed by atoms with E-state index >= 15 is 0 Å². The summed E-state index contributed by atoms with van der Waals surface area (Å²) in [7, 11) is -3.23. The number of sulfone groups is 1. The first kappa shape index (κ1) is 17.0. The number of hydrogen-bond acceptors (Lipinski definition) is 3. The summed E-state index contributed by atoms with van der Waals surface area (Å²) < 4.78 is 49.9. The van der Waals surface area contributed by atoms with Crippen LogP contribution in [-0.4, -0.2) is 32.5 Å². The molecule has 0 aliphatic carbocycles. The predicted octanol–water partition coefficient (Wildman–Crippen LogP) is 2.31. The second kappa shape index (κ2) is 7.13. The van der Waals surface area contributed by atoms with Crippen LogP contribution in [-0.2, 0) is 16.3 Å². The van der Waals surface area contributed by atoms with E-state index in [0.717, 1.165) is 12.5 Å². The highest BCUT2D eigenvalue weighted by atomic mass is 32.2. The second-order valence-corrected chi connectivity index (χ2v) is 7.44. The fourth-order valence-electron chi connectivity index (χ4n) is 1.96. The van der Waals surface area contributed by atoms with E-state index in [1.165, 1.54) is 18.4 Å². The van der Waals surface area contributed by atoms with Crippen LogP contribution in [0.15, 0.2) is 18.2 Å². The van der Waals surface area contributed by atoms with Crippen molar-refractivity contribution in [2.24, 2.45) is 0 Å². The fourth-order valence-corrected chi connectivity index (χ4v) is 2.75. The van der Waals surface area contributed by atoms with Gasteiger partial charge in [0.2, 0.25) is 0 Å². The van der Waals surface area contributed by atoms with Gasteiger partial charge in [0.05, 0.1) is 5.25 Å². The lowest BCUT2D eigenvalue weighted by Crippen LogP contribution is -2.44. The summed E-state index contributed by atoms with van der Waals surface area (Å²) in [6.07, 6.45) is 2.22. The van der Waals surface area contributed by atoms with Crippen molar-refractivity contribution in [2.75, 3.05) is 12.8 Å². The predicted molar refractivity (Wildman–Crippen MR) is 76.4 cm³/mol. The van der Waals surface area contributed by atoms with Crippen molar-refractivity contribution >= 4 is 9.84 Å². The molecule has 1 N–H and O–H groups in total. The van der Waals surface area contributed by atoms with Gasteiger partial charge < -0.3 is 5.32 Å². The van der Waals surface area contributed by atoms with E-state index in [1.807, 2.05) is 6.92 Å². The number of rotatable bonds is 7. The van der Waals surface area contributed by atoms with Crippen molar-refractivity contribution in [3.63, 3.8) is 0 Å². The van der Waals surface area contributed by atoms with Crippen LogP contribution in [0.1, 0.15) is 25.8 Å². The Hall–Kier alpha value is -1.01. The smallest absolute Gasteiger partial charge is 0.151 e. The highest BCUT2D eigenvalue weighted by Gasteiger charge is 2.26. The third-order valence-corrected chi connectivity index (χ3v) is 5.03. The van der Waals surface area contributed by atoms with Gasteiger partial charge in [-0.05, 0) is 37.9 Å². The minimum atomic E-state index is -3.23. The quantitative estimate of drug-likeness (QED) is 0.841. The number of hydrogen-bond donors (Lipinski definition) is 1. The minimum absolute atomic E-state index is 0.209. The molecule has 0 aliphatic heterocycles. The van der Waals surface area contributed by atoms with Gasteiger partial charge in [-0.15, -0.1) is 0 Å². The zero-order chi connectivity index (χ0) is 15.3. The van der Waals surface area contributed by atoms with Crippen molar-refractivity contribution in [2.45, 2.75) is 38.0 Å². The van der Waals surface area contributed by atoms with Crippen LogP contribution in [0.5, 0.6) is 0 Å². The van der Waals surface area contributed by atoms with Gasteiger partial charge in [-0.2, -0.15) is 0 Å². The van der Waals surface area contributed by atoms with Crippen molar-refractivity contribution in [1.29, 1.82) is 0 Å². The molecule has 0 aromatic heterocycles. The molecule has 0 saturated carbocycles. The van der Waals surface area contributed by atoms with E-state index in [4.69, 9.17) is 0 Å². The van der Waals surface area contributed by atoms with Crippen molar-refractivity contribution in [3.05, 3.63) is 35.4 Å². The molecule has 1 aromatic rings. The monoisotopic (exact) mass is 305 g/mol. The molecular weight excluding hydrogens is 284 g/mol. The van der Waals surface area contributed by atoms with E-state index in [2.05, 4.69) is 5.32 Å². The zero-order valence-electron chi connectivity index (χ0n) is 12.0. The summed E-state index contributed by atoms with van der Waals surface area (Å²) >= 11 is 0. The Bertz CT molecular complexity index is 546. The molecule has 20 heavy (non-hydrogen) atoms. The van der Waals surface area contributed by atoms with Crippen LogP contribution in [0.4, 0.5) is 8.78 Å². The van der Waals surface area contributed by atoms with Crippen LogP contribution >= 0.6 is 0 Å². The summed E-state index contributed by atoms with van der Waals surface area (Å²) in [5.41, 5.74) is 0.315. The van der Waals surface area contributed by atoms with Gasteiger partial charge in [-0.3, -0.25) is 0 Å². The summed E-state index contributed by atoms with van der Waals surface area (Å²) in [4.78, 5) is 0. The lowest BCUT2D eigenvalue weighted by molar-refractivity contribution is 0.471. The Kier molecular flexibility index (Phi) is 6.07. The molecule has 2 unspecified atom stereocenters.